The molecule has 1 aromatic rings. The van der Waals surface area contributed by atoms with E-state index in [-0.39, 0.29) is 6.29 Å². The lowest BCUT2D eigenvalue weighted by atomic mass is 10.2. The summed E-state index contributed by atoms with van der Waals surface area (Å²) < 4.78 is 15.2. The van der Waals surface area contributed by atoms with E-state index in [9.17, 15) is 0 Å². The second-order valence-corrected chi connectivity index (χ2v) is 2.84. The molecule has 0 spiro atoms. The molecular formula is C10H15NO3. The van der Waals surface area contributed by atoms with Gasteiger partial charge < -0.3 is 14.2 Å². The number of hydrogen-bond donors (Lipinski definition) is 0. The molecule has 0 aliphatic rings. The van der Waals surface area contributed by atoms with Crippen LogP contribution in [0.4, 0.5) is 0 Å². The molecule has 0 unspecified atom stereocenters. The van der Waals surface area contributed by atoms with Crippen molar-refractivity contribution in [3.63, 3.8) is 0 Å². The molecule has 0 aliphatic carbocycles. The van der Waals surface area contributed by atoms with Crippen molar-refractivity contribution in [2.75, 3.05) is 21.3 Å². The van der Waals surface area contributed by atoms with E-state index in [1.54, 1.807) is 33.7 Å². The van der Waals surface area contributed by atoms with Crippen molar-refractivity contribution in [1.82, 2.24) is 4.98 Å². The lowest BCUT2D eigenvalue weighted by Crippen LogP contribution is -2.16. The zero-order valence-corrected chi connectivity index (χ0v) is 8.69. The first-order valence-corrected chi connectivity index (χ1v) is 4.33. The Labute approximate surface area is 83.8 Å². The summed E-state index contributed by atoms with van der Waals surface area (Å²) in [6, 6.07) is 1.91. The first-order chi connectivity index (χ1) is 6.80. The molecule has 78 valence electrons. The summed E-state index contributed by atoms with van der Waals surface area (Å²) in [6.45, 7) is 0. The van der Waals surface area contributed by atoms with Crippen LogP contribution in [0, 0.1) is 0 Å². The van der Waals surface area contributed by atoms with Crippen LogP contribution in [-0.4, -0.2) is 32.6 Å². The highest BCUT2D eigenvalue weighted by molar-refractivity contribution is 5.23. The van der Waals surface area contributed by atoms with Crippen LogP contribution >= 0.6 is 0 Å². The van der Waals surface area contributed by atoms with E-state index in [1.165, 1.54) is 0 Å². The van der Waals surface area contributed by atoms with Gasteiger partial charge in [-0.15, -0.1) is 0 Å². The summed E-state index contributed by atoms with van der Waals surface area (Å²) in [6.07, 6.45) is 3.87. The summed E-state index contributed by atoms with van der Waals surface area (Å²) >= 11 is 0. The van der Waals surface area contributed by atoms with Gasteiger partial charge in [0.2, 0.25) is 0 Å². The highest BCUT2D eigenvalue weighted by Gasteiger charge is 2.07. The number of methoxy groups -OCH3 is 3. The SMILES string of the molecule is COc1cncc(CC(OC)OC)c1. The standard InChI is InChI=1S/C10H15NO3/c1-12-9-4-8(6-11-7-9)5-10(13-2)14-3/h4,6-7,10H,5H2,1-3H3. The molecule has 4 heteroatoms. The number of rotatable bonds is 5. The Morgan fingerprint density at radius 2 is 1.93 bits per heavy atom. The molecule has 0 aliphatic heterocycles. The average Bonchev–Trinajstić information content (AvgIpc) is 2.26. The number of pyridine rings is 1. The van der Waals surface area contributed by atoms with E-state index in [2.05, 4.69) is 4.98 Å². The van der Waals surface area contributed by atoms with Crippen molar-refractivity contribution >= 4 is 0 Å². The van der Waals surface area contributed by atoms with Crippen LogP contribution in [0.2, 0.25) is 0 Å². The zero-order valence-electron chi connectivity index (χ0n) is 8.69. The van der Waals surface area contributed by atoms with Crippen LogP contribution in [-0.2, 0) is 15.9 Å². The Bertz CT molecular complexity index is 274. The molecular weight excluding hydrogens is 182 g/mol. The second-order valence-electron chi connectivity index (χ2n) is 2.84. The average molecular weight is 197 g/mol. The maximum Gasteiger partial charge on any atom is 0.160 e. The van der Waals surface area contributed by atoms with Crippen LogP contribution < -0.4 is 4.74 Å². The minimum atomic E-state index is -0.232. The molecule has 0 amide bonds. The van der Waals surface area contributed by atoms with E-state index < -0.39 is 0 Å². The van der Waals surface area contributed by atoms with Gasteiger partial charge in [0, 0.05) is 26.8 Å². The van der Waals surface area contributed by atoms with Gasteiger partial charge in [0.1, 0.15) is 5.75 Å². The molecule has 0 radical (unpaired) electrons. The van der Waals surface area contributed by atoms with Gasteiger partial charge in [-0.3, -0.25) is 4.98 Å². The van der Waals surface area contributed by atoms with Crippen molar-refractivity contribution in [3.05, 3.63) is 24.0 Å². The number of nitrogens with zero attached hydrogens (tertiary/aromatic N) is 1. The number of hydrogen-bond acceptors (Lipinski definition) is 4. The van der Waals surface area contributed by atoms with Crippen LogP contribution in [0.5, 0.6) is 5.75 Å². The molecule has 0 fully saturated rings. The van der Waals surface area contributed by atoms with Crippen LogP contribution in [0.3, 0.4) is 0 Å². The normalized spacial score (nSPS) is 10.6. The predicted octanol–water partition coefficient (Wildman–Crippen LogP) is 1.25. The molecule has 1 aromatic heterocycles. The molecule has 0 saturated carbocycles. The Kier molecular flexibility index (Phi) is 4.35. The Balaban J connectivity index is 2.65. The zero-order chi connectivity index (χ0) is 10.4. The summed E-state index contributed by atoms with van der Waals surface area (Å²) in [4.78, 5) is 4.04. The van der Waals surface area contributed by atoms with Crippen molar-refractivity contribution in [3.8, 4) is 5.75 Å². The van der Waals surface area contributed by atoms with E-state index in [0.717, 1.165) is 11.3 Å². The van der Waals surface area contributed by atoms with Crippen molar-refractivity contribution < 1.29 is 14.2 Å². The van der Waals surface area contributed by atoms with Gasteiger partial charge in [-0.2, -0.15) is 0 Å². The summed E-state index contributed by atoms with van der Waals surface area (Å²) in [7, 11) is 4.84. The molecule has 0 N–H and O–H groups in total. The van der Waals surface area contributed by atoms with Gasteiger partial charge in [-0.25, -0.2) is 0 Å². The lowest BCUT2D eigenvalue weighted by molar-refractivity contribution is -0.100. The Hall–Kier alpha value is -1.13. The first-order valence-electron chi connectivity index (χ1n) is 4.33. The summed E-state index contributed by atoms with van der Waals surface area (Å²) in [5.74, 6) is 0.744. The fourth-order valence-electron chi connectivity index (χ4n) is 1.14. The summed E-state index contributed by atoms with van der Waals surface area (Å²) in [5, 5.41) is 0. The van der Waals surface area contributed by atoms with Crippen LogP contribution in [0.1, 0.15) is 5.56 Å². The number of ether oxygens (including phenoxy) is 3. The van der Waals surface area contributed by atoms with Gasteiger partial charge in [-0.05, 0) is 11.6 Å². The van der Waals surface area contributed by atoms with Crippen molar-refractivity contribution in [2.24, 2.45) is 0 Å². The monoisotopic (exact) mass is 197 g/mol. The largest absolute Gasteiger partial charge is 0.495 e. The highest BCUT2D eigenvalue weighted by atomic mass is 16.7. The third-order valence-corrected chi connectivity index (χ3v) is 1.93. The smallest absolute Gasteiger partial charge is 0.160 e. The van der Waals surface area contributed by atoms with Gasteiger partial charge >= 0.3 is 0 Å². The Morgan fingerprint density at radius 3 is 2.50 bits per heavy atom. The first kappa shape index (κ1) is 10.9. The molecule has 0 bridgehead atoms. The maximum absolute atomic E-state index is 5.09. The van der Waals surface area contributed by atoms with E-state index >= 15 is 0 Å². The van der Waals surface area contributed by atoms with Crippen LogP contribution in [0.25, 0.3) is 0 Å². The van der Waals surface area contributed by atoms with E-state index in [0.29, 0.717) is 6.42 Å². The molecule has 4 nitrogen and oxygen atoms in total. The minimum Gasteiger partial charge on any atom is -0.495 e. The topological polar surface area (TPSA) is 40.6 Å². The van der Waals surface area contributed by atoms with Crippen LogP contribution in [0.15, 0.2) is 18.5 Å². The molecule has 0 atom stereocenters. The lowest BCUT2D eigenvalue weighted by Gasteiger charge is -2.13. The minimum absolute atomic E-state index is 0.232. The molecule has 0 saturated heterocycles. The third-order valence-electron chi connectivity index (χ3n) is 1.93. The molecule has 0 aromatic carbocycles. The molecule has 1 heterocycles. The van der Waals surface area contributed by atoms with Gasteiger partial charge in [0.25, 0.3) is 0 Å². The van der Waals surface area contributed by atoms with Gasteiger partial charge in [0.15, 0.2) is 6.29 Å². The highest BCUT2D eigenvalue weighted by Crippen LogP contribution is 2.12. The molecule has 1 rings (SSSR count). The fraction of sp³-hybridized carbons (Fsp3) is 0.500. The van der Waals surface area contributed by atoms with Gasteiger partial charge in [0.05, 0.1) is 13.3 Å². The summed E-state index contributed by atoms with van der Waals surface area (Å²) in [5.41, 5.74) is 1.03. The van der Waals surface area contributed by atoms with E-state index in [1.807, 2.05) is 6.07 Å². The fourth-order valence-corrected chi connectivity index (χ4v) is 1.14. The quantitative estimate of drug-likeness (QED) is 0.666. The predicted molar refractivity (Wildman–Crippen MR) is 52.3 cm³/mol. The van der Waals surface area contributed by atoms with Crippen molar-refractivity contribution in [2.45, 2.75) is 12.7 Å². The Morgan fingerprint density at radius 1 is 1.21 bits per heavy atom. The van der Waals surface area contributed by atoms with Gasteiger partial charge in [-0.1, -0.05) is 0 Å². The third kappa shape index (κ3) is 2.97. The molecule has 14 heavy (non-hydrogen) atoms. The number of aromatic nitrogens is 1. The van der Waals surface area contributed by atoms with Crippen molar-refractivity contribution in [1.29, 1.82) is 0 Å². The second kappa shape index (κ2) is 5.57. The van der Waals surface area contributed by atoms with E-state index in [4.69, 9.17) is 14.2 Å². The maximum atomic E-state index is 5.09.